The van der Waals surface area contributed by atoms with Gasteiger partial charge in [-0.15, -0.1) is 0 Å². The largest absolute Gasteiger partial charge is 0.489 e. The molecule has 0 aliphatic rings. The van der Waals surface area contributed by atoms with E-state index in [2.05, 4.69) is 0 Å². The molecule has 0 amide bonds. The number of benzene rings is 2. The van der Waals surface area contributed by atoms with Gasteiger partial charge in [0.05, 0.1) is 11.7 Å². The number of halogens is 2. The molecule has 100 valence electrons. The summed E-state index contributed by atoms with van der Waals surface area (Å²) in [5, 5.41) is 9.36. The molecular formula is C15H14F2O2. The van der Waals surface area contributed by atoms with E-state index in [-0.39, 0.29) is 12.2 Å². The Morgan fingerprint density at radius 1 is 1.05 bits per heavy atom. The van der Waals surface area contributed by atoms with Gasteiger partial charge in [-0.1, -0.05) is 18.2 Å². The van der Waals surface area contributed by atoms with Crippen LogP contribution in [0.15, 0.2) is 42.5 Å². The molecule has 0 radical (unpaired) electrons. The Bertz CT molecular complexity index is 530. The number of aliphatic hydroxyl groups is 1. The van der Waals surface area contributed by atoms with Crippen LogP contribution in [0.1, 0.15) is 24.2 Å². The van der Waals surface area contributed by atoms with E-state index in [4.69, 9.17) is 4.74 Å². The van der Waals surface area contributed by atoms with Crippen LogP contribution in [0.25, 0.3) is 0 Å². The molecule has 0 saturated heterocycles. The quantitative estimate of drug-likeness (QED) is 0.914. The molecule has 1 atom stereocenters. The maximum absolute atomic E-state index is 13.4. The summed E-state index contributed by atoms with van der Waals surface area (Å²) in [6, 6.07) is 10.4. The molecule has 19 heavy (non-hydrogen) atoms. The molecule has 0 unspecified atom stereocenters. The molecule has 1 N–H and O–H groups in total. The van der Waals surface area contributed by atoms with Crippen LogP contribution >= 0.6 is 0 Å². The standard InChI is InChI=1S/C15H14F2O2/c1-10(18)11-5-7-12(8-6-11)19-9-13-14(16)3-2-4-15(13)17/h2-8,10,18H,9H2,1H3/t10-/m1/s1. The van der Waals surface area contributed by atoms with Gasteiger partial charge < -0.3 is 9.84 Å². The van der Waals surface area contributed by atoms with Crippen LogP contribution in [0.4, 0.5) is 8.78 Å². The summed E-state index contributed by atoms with van der Waals surface area (Å²) in [5.74, 6) is -0.756. The molecule has 2 nitrogen and oxygen atoms in total. The average molecular weight is 264 g/mol. The highest BCUT2D eigenvalue weighted by Crippen LogP contribution is 2.19. The third-order valence-corrected chi connectivity index (χ3v) is 2.81. The van der Waals surface area contributed by atoms with Gasteiger partial charge in [-0.3, -0.25) is 0 Å². The van der Waals surface area contributed by atoms with Crippen molar-refractivity contribution in [2.75, 3.05) is 0 Å². The summed E-state index contributed by atoms with van der Waals surface area (Å²) in [6.07, 6.45) is -0.557. The van der Waals surface area contributed by atoms with Gasteiger partial charge in [0.1, 0.15) is 24.0 Å². The van der Waals surface area contributed by atoms with Crippen LogP contribution in [0.3, 0.4) is 0 Å². The lowest BCUT2D eigenvalue weighted by Crippen LogP contribution is -2.02. The molecule has 0 aromatic heterocycles. The fraction of sp³-hybridized carbons (Fsp3) is 0.200. The first-order chi connectivity index (χ1) is 9.08. The highest BCUT2D eigenvalue weighted by molar-refractivity contribution is 5.29. The van der Waals surface area contributed by atoms with Crippen molar-refractivity contribution in [3.8, 4) is 5.75 Å². The van der Waals surface area contributed by atoms with Gasteiger partial charge in [-0.25, -0.2) is 8.78 Å². The minimum atomic E-state index is -0.624. The van der Waals surface area contributed by atoms with E-state index in [0.29, 0.717) is 5.75 Å². The van der Waals surface area contributed by atoms with Crippen molar-refractivity contribution in [2.24, 2.45) is 0 Å². The average Bonchev–Trinajstić information content (AvgIpc) is 2.38. The Kier molecular flexibility index (Phi) is 4.12. The predicted molar refractivity (Wildman–Crippen MR) is 67.8 cm³/mol. The van der Waals surface area contributed by atoms with E-state index < -0.39 is 17.7 Å². The van der Waals surface area contributed by atoms with Crippen LogP contribution in [-0.4, -0.2) is 5.11 Å². The minimum Gasteiger partial charge on any atom is -0.489 e. The number of hydrogen-bond donors (Lipinski definition) is 1. The molecule has 0 spiro atoms. The van der Waals surface area contributed by atoms with Crippen LogP contribution < -0.4 is 4.74 Å². The molecule has 0 aliphatic heterocycles. The molecule has 4 heteroatoms. The van der Waals surface area contributed by atoms with Gasteiger partial charge in [0.15, 0.2) is 0 Å². The number of aliphatic hydroxyl groups excluding tert-OH is 1. The molecule has 0 aliphatic carbocycles. The molecular weight excluding hydrogens is 250 g/mol. The molecule has 2 aromatic carbocycles. The van der Waals surface area contributed by atoms with Crippen LogP contribution in [0.5, 0.6) is 5.75 Å². The van der Waals surface area contributed by atoms with Gasteiger partial charge in [0.25, 0.3) is 0 Å². The summed E-state index contributed by atoms with van der Waals surface area (Å²) in [7, 11) is 0. The molecule has 0 fully saturated rings. The van der Waals surface area contributed by atoms with E-state index in [0.717, 1.165) is 5.56 Å². The van der Waals surface area contributed by atoms with E-state index in [1.165, 1.54) is 18.2 Å². The van der Waals surface area contributed by atoms with Crippen molar-refractivity contribution < 1.29 is 18.6 Å². The molecule has 2 aromatic rings. The number of hydrogen-bond acceptors (Lipinski definition) is 2. The first kappa shape index (κ1) is 13.5. The summed E-state index contributed by atoms with van der Waals surface area (Å²) in [4.78, 5) is 0. The van der Waals surface area contributed by atoms with Crippen LogP contribution in [0.2, 0.25) is 0 Å². The van der Waals surface area contributed by atoms with Gasteiger partial charge in [0, 0.05) is 0 Å². The first-order valence-electron chi connectivity index (χ1n) is 5.91. The van der Waals surface area contributed by atoms with Gasteiger partial charge in [-0.2, -0.15) is 0 Å². The van der Waals surface area contributed by atoms with Crippen molar-refractivity contribution in [3.63, 3.8) is 0 Å². The Labute approximate surface area is 110 Å². The van der Waals surface area contributed by atoms with E-state index in [9.17, 15) is 13.9 Å². The van der Waals surface area contributed by atoms with Crippen molar-refractivity contribution in [3.05, 3.63) is 65.2 Å². The normalized spacial score (nSPS) is 12.2. The van der Waals surface area contributed by atoms with Gasteiger partial charge in [-0.05, 0) is 36.8 Å². The van der Waals surface area contributed by atoms with Crippen molar-refractivity contribution in [1.29, 1.82) is 0 Å². The maximum Gasteiger partial charge on any atom is 0.132 e. The van der Waals surface area contributed by atoms with Crippen LogP contribution in [0, 0.1) is 11.6 Å². The lowest BCUT2D eigenvalue weighted by Gasteiger charge is -2.09. The van der Waals surface area contributed by atoms with E-state index in [1.807, 2.05) is 0 Å². The number of rotatable bonds is 4. The third-order valence-electron chi connectivity index (χ3n) is 2.81. The first-order valence-corrected chi connectivity index (χ1v) is 5.91. The SMILES string of the molecule is C[C@@H](O)c1ccc(OCc2c(F)cccc2F)cc1. The Balaban J connectivity index is 2.06. The topological polar surface area (TPSA) is 29.5 Å². The van der Waals surface area contributed by atoms with Crippen LogP contribution in [-0.2, 0) is 6.61 Å². The summed E-state index contributed by atoms with van der Waals surface area (Å²) in [6.45, 7) is 1.48. The zero-order chi connectivity index (χ0) is 13.8. The van der Waals surface area contributed by atoms with E-state index in [1.54, 1.807) is 31.2 Å². The van der Waals surface area contributed by atoms with Gasteiger partial charge >= 0.3 is 0 Å². The minimum absolute atomic E-state index is 0.0953. The van der Waals surface area contributed by atoms with Gasteiger partial charge in [0.2, 0.25) is 0 Å². The Morgan fingerprint density at radius 2 is 1.63 bits per heavy atom. The highest BCUT2D eigenvalue weighted by Gasteiger charge is 2.09. The highest BCUT2D eigenvalue weighted by atomic mass is 19.1. The zero-order valence-electron chi connectivity index (χ0n) is 10.4. The fourth-order valence-electron chi connectivity index (χ4n) is 1.67. The smallest absolute Gasteiger partial charge is 0.132 e. The number of ether oxygens (including phenoxy) is 1. The zero-order valence-corrected chi connectivity index (χ0v) is 10.4. The predicted octanol–water partition coefficient (Wildman–Crippen LogP) is 3.60. The van der Waals surface area contributed by atoms with Crippen molar-refractivity contribution in [2.45, 2.75) is 19.6 Å². The lowest BCUT2D eigenvalue weighted by molar-refractivity contribution is 0.199. The monoisotopic (exact) mass is 264 g/mol. The van der Waals surface area contributed by atoms with E-state index >= 15 is 0 Å². The molecule has 2 rings (SSSR count). The summed E-state index contributed by atoms with van der Waals surface area (Å²) in [5.41, 5.74) is 0.659. The van der Waals surface area contributed by atoms with Crippen molar-refractivity contribution in [1.82, 2.24) is 0 Å². The Morgan fingerprint density at radius 3 is 2.16 bits per heavy atom. The second-order valence-corrected chi connectivity index (χ2v) is 4.23. The molecule has 0 bridgehead atoms. The third kappa shape index (κ3) is 3.29. The fourth-order valence-corrected chi connectivity index (χ4v) is 1.67. The lowest BCUT2D eigenvalue weighted by atomic mass is 10.1. The molecule has 0 saturated carbocycles. The second kappa shape index (κ2) is 5.80. The molecule has 0 heterocycles. The van der Waals surface area contributed by atoms with Crippen molar-refractivity contribution >= 4 is 0 Å². The maximum atomic E-state index is 13.4. The summed E-state index contributed by atoms with van der Waals surface area (Å²) >= 11 is 0. The second-order valence-electron chi connectivity index (χ2n) is 4.23. The Hall–Kier alpha value is -1.94. The summed E-state index contributed by atoms with van der Waals surface area (Å²) < 4.78 is 32.1.